The molecule has 2 aliphatic rings. The lowest BCUT2D eigenvalue weighted by Crippen LogP contribution is -2.40. The van der Waals surface area contributed by atoms with E-state index in [0.29, 0.717) is 6.54 Å². The molecule has 108 valence electrons. The van der Waals surface area contributed by atoms with Gasteiger partial charge in [-0.15, -0.1) is 0 Å². The van der Waals surface area contributed by atoms with Crippen molar-refractivity contribution in [1.29, 1.82) is 0 Å². The lowest BCUT2D eigenvalue weighted by atomic mass is 9.94. The molecule has 1 N–H and O–H groups in total. The molecule has 1 aliphatic heterocycles. The number of carboxylic acids is 1. The van der Waals surface area contributed by atoms with Crippen molar-refractivity contribution in [3.8, 4) is 0 Å². The number of fused-ring (bicyclic) bond motifs is 1. The highest BCUT2D eigenvalue weighted by molar-refractivity contribution is 5.71. The molecule has 0 saturated carbocycles. The fraction of sp³-hybridized carbons (Fsp3) is 0.667. The van der Waals surface area contributed by atoms with E-state index >= 15 is 0 Å². The smallest absolute Gasteiger partial charge is 0.308 e. The first-order chi connectivity index (χ1) is 9.65. The normalized spacial score (nSPS) is 22.4. The number of carbonyl (C=O) groups is 1. The number of aromatic nitrogens is 2. The molecule has 5 heteroatoms. The highest BCUT2D eigenvalue weighted by atomic mass is 16.4. The number of rotatable bonds is 2. The van der Waals surface area contributed by atoms with Crippen LogP contribution in [0.3, 0.4) is 0 Å². The molecule has 5 nitrogen and oxygen atoms in total. The number of piperidine rings is 1. The number of hydrogen-bond acceptors (Lipinski definition) is 4. The van der Waals surface area contributed by atoms with E-state index in [4.69, 9.17) is 0 Å². The standard InChI is InChI=1S/C15H21N3O2/c1-10-16-13-7-3-2-6-12(13)14(17-10)18-8-4-5-11(9-18)15(19)20/h11H,2-9H2,1H3,(H,19,20)/t11-/m0/s1. The zero-order chi connectivity index (χ0) is 14.1. The first kappa shape index (κ1) is 13.3. The van der Waals surface area contributed by atoms with E-state index in [-0.39, 0.29) is 5.92 Å². The van der Waals surface area contributed by atoms with Crippen molar-refractivity contribution in [2.75, 3.05) is 18.0 Å². The van der Waals surface area contributed by atoms with Gasteiger partial charge in [-0.05, 0) is 45.4 Å². The monoisotopic (exact) mass is 275 g/mol. The molecule has 1 aromatic rings. The molecule has 2 heterocycles. The number of hydrogen-bond donors (Lipinski definition) is 1. The molecule has 3 rings (SSSR count). The molecule has 0 spiro atoms. The van der Waals surface area contributed by atoms with Crippen LogP contribution < -0.4 is 4.90 Å². The van der Waals surface area contributed by atoms with Gasteiger partial charge in [0.15, 0.2) is 0 Å². The molecular weight excluding hydrogens is 254 g/mol. The summed E-state index contributed by atoms with van der Waals surface area (Å²) >= 11 is 0. The van der Waals surface area contributed by atoms with Crippen LogP contribution >= 0.6 is 0 Å². The van der Waals surface area contributed by atoms with Gasteiger partial charge in [0.05, 0.1) is 5.92 Å². The number of carboxylic acid groups (broad SMARTS) is 1. The molecule has 1 fully saturated rings. The Hall–Kier alpha value is -1.65. The summed E-state index contributed by atoms with van der Waals surface area (Å²) in [6.07, 6.45) is 6.14. The summed E-state index contributed by atoms with van der Waals surface area (Å²) in [5.74, 6) is 0.851. The Morgan fingerprint density at radius 2 is 2.05 bits per heavy atom. The number of nitrogens with zero attached hydrogens (tertiary/aromatic N) is 3. The maximum atomic E-state index is 11.2. The quantitative estimate of drug-likeness (QED) is 0.893. The Kier molecular flexibility index (Phi) is 3.59. The van der Waals surface area contributed by atoms with Crippen molar-refractivity contribution in [1.82, 2.24) is 9.97 Å². The Balaban J connectivity index is 1.93. The van der Waals surface area contributed by atoms with Crippen LogP contribution in [0.2, 0.25) is 0 Å². The summed E-state index contributed by atoms with van der Waals surface area (Å²) in [5, 5.41) is 9.24. The molecule has 20 heavy (non-hydrogen) atoms. The number of aliphatic carboxylic acids is 1. The van der Waals surface area contributed by atoms with Crippen molar-refractivity contribution in [2.45, 2.75) is 45.4 Å². The lowest BCUT2D eigenvalue weighted by Gasteiger charge is -2.34. The van der Waals surface area contributed by atoms with E-state index in [1.54, 1.807) is 0 Å². The second kappa shape index (κ2) is 5.38. The molecule has 1 aromatic heterocycles. The second-order valence-corrected chi connectivity index (χ2v) is 5.85. The zero-order valence-corrected chi connectivity index (χ0v) is 11.9. The Morgan fingerprint density at radius 3 is 2.85 bits per heavy atom. The number of aryl methyl sites for hydroxylation is 2. The molecule has 1 saturated heterocycles. The fourth-order valence-corrected chi connectivity index (χ4v) is 3.33. The van der Waals surface area contributed by atoms with Crippen LogP contribution in [0.1, 0.15) is 42.8 Å². The summed E-state index contributed by atoms with van der Waals surface area (Å²) in [7, 11) is 0. The maximum absolute atomic E-state index is 11.2. The third-order valence-electron chi connectivity index (χ3n) is 4.34. The van der Waals surface area contributed by atoms with Crippen molar-refractivity contribution >= 4 is 11.8 Å². The van der Waals surface area contributed by atoms with Gasteiger partial charge in [0.25, 0.3) is 0 Å². The van der Waals surface area contributed by atoms with E-state index in [2.05, 4.69) is 14.9 Å². The van der Waals surface area contributed by atoms with Crippen LogP contribution in [-0.2, 0) is 17.6 Å². The van der Waals surface area contributed by atoms with Crippen LogP contribution in [0.25, 0.3) is 0 Å². The minimum atomic E-state index is -0.686. The van der Waals surface area contributed by atoms with Gasteiger partial charge in [-0.1, -0.05) is 0 Å². The van der Waals surface area contributed by atoms with Crippen LogP contribution in [0.4, 0.5) is 5.82 Å². The van der Waals surface area contributed by atoms with Gasteiger partial charge in [-0.25, -0.2) is 9.97 Å². The molecule has 1 atom stereocenters. The Labute approximate surface area is 119 Å². The summed E-state index contributed by atoms with van der Waals surface area (Å²) in [6, 6.07) is 0. The summed E-state index contributed by atoms with van der Waals surface area (Å²) < 4.78 is 0. The fourth-order valence-electron chi connectivity index (χ4n) is 3.33. The van der Waals surface area contributed by atoms with E-state index in [1.807, 2.05) is 6.92 Å². The van der Waals surface area contributed by atoms with Crippen molar-refractivity contribution < 1.29 is 9.90 Å². The van der Waals surface area contributed by atoms with Gasteiger partial charge in [-0.3, -0.25) is 4.79 Å². The van der Waals surface area contributed by atoms with Gasteiger partial charge in [-0.2, -0.15) is 0 Å². The van der Waals surface area contributed by atoms with E-state index in [9.17, 15) is 9.90 Å². The first-order valence-electron chi connectivity index (χ1n) is 7.49. The largest absolute Gasteiger partial charge is 0.481 e. The molecule has 1 aliphatic carbocycles. The van der Waals surface area contributed by atoms with Gasteiger partial charge in [0, 0.05) is 24.3 Å². The van der Waals surface area contributed by atoms with Crippen molar-refractivity contribution in [3.63, 3.8) is 0 Å². The van der Waals surface area contributed by atoms with Gasteiger partial charge >= 0.3 is 5.97 Å². The highest BCUT2D eigenvalue weighted by Gasteiger charge is 2.29. The third kappa shape index (κ3) is 2.49. The molecular formula is C15H21N3O2. The van der Waals surface area contributed by atoms with Crippen LogP contribution in [0.15, 0.2) is 0 Å². The van der Waals surface area contributed by atoms with E-state index < -0.39 is 5.97 Å². The molecule has 0 bridgehead atoms. The number of anilines is 1. The maximum Gasteiger partial charge on any atom is 0.308 e. The predicted octanol–water partition coefficient (Wildman–Crippen LogP) is 1.96. The van der Waals surface area contributed by atoms with Crippen molar-refractivity contribution in [3.05, 3.63) is 17.1 Å². The topological polar surface area (TPSA) is 66.3 Å². The van der Waals surface area contributed by atoms with Crippen LogP contribution in [0, 0.1) is 12.8 Å². The van der Waals surface area contributed by atoms with Crippen LogP contribution in [0.5, 0.6) is 0 Å². The van der Waals surface area contributed by atoms with Gasteiger partial charge < -0.3 is 10.0 Å². The van der Waals surface area contributed by atoms with E-state index in [1.165, 1.54) is 24.1 Å². The minimum Gasteiger partial charge on any atom is -0.481 e. The summed E-state index contributed by atoms with van der Waals surface area (Å²) in [5.41, 5.74) is 2.43. The van der Waals surface area contributed by atoms with Gasteiger partial charge in [0.1, 0.15) is 11.6 Å². The second-order valence-electron chi connectivity index (χ2n) is 5.85. The summed E-state index contributed by atoms with van der Waals surface area (Å²) in [4.78, 5) is 22.6. The average Bonchev–Trinajstić information content (AvgIpc) is 2.46. The van der Waals surface area contributed by atoms with Gasteiger partial charge in [0.2, 0.25) is 0 Å². The Morgan fingerprint density at radius 1 is 1.25 bits per heavy atom. The zero-order valence-electron chi connectivity index (χ0n) is 11.9. The van der Waals surface area contributed by atoms with Crippen LogP contribution in [-0.4, -0.2) is 34.1 Å². The predicted molar refractivity (Wildman–Crippen MR) is 76.0 cm³/mol. The minimum absolute atomic E-state index is 0.265. The first-order valence-corrected chi connectivity index (χ1v) is 7.49. The molecule has 0 aromatic carbocycles. The molecule has 0 amide bonds. The SMILES string of the molecule is Cc1nc2c(c(N3CCC[C@H](C(=O)O)C3)n1)CCCC2. The lowest BCUT2D eigenvalue weighted by molar-refractivity contribution is -0.141. The highest BCUT2D eigenvalue weighted by Crippen LogP contribution is 2.30. The van der Waals surface area contributed by atoms with Crippen molar-refractivity contribution in [2.24, 2.45) is 5.92 Å². The average molecular weight is 275 g/mol. The van der Waals surface area contributed by atoms with E-state index in [0.717, 1.165) is 43.9 Å². The third-order valence-corrected chi connectivity index (χ3v) is 4.34. The molecule has 0 radical (unpaired) electrons. The Bertz CT molecular complexity index is 530. The molecule has 0 unspecified atom stereocenters. The summed E-state index contributed by atoms with van der Waals surface area (Å²) in [6.45, 7) is 3.42.